The van der Waals surface area contributed by atoms with Crippen LogP contribution < -0.4 is 0 Å². The van der Waals surface area contributed by atoms with Gasteiger partial charge >= 0.3 is 0 Å². The molecule has 4 aliphatic carbocycles. The summed E-state index contributed by atoms with van der Waals surface area (Å²) in [5, 5.41) is 10.3. The first-order valence-corrected chi connectivity index (χ1v) is 14.0. The number of Topliss-reactive ketones (excluding diaryl/α,β-unsaturated/α-hetero) is 1. The smallest absolute Gasteiger partial charge is 0.136 e. The van der Waals surface area contributed by atoms with Crippen LogP contribution in [0.5, 0.6) is 0 Å². The molecule has 0 aliphatic heterocycles. The summed E-state index contributed by atoms with van der Waals surface area (Å²) in [4.78, 5) is 13.2. The van der Waals surface area contributed by atoms with Crippen LogP contribution in [0.4, 0.5) is 0 Å². The molecule has 2 heteroatoms. The zero-order chi connectivity index (χ0) is 23.3. The maximum atomic E-state index is 13.2. The second kappa shape index (κ2) is 9.20. The van der Waals surface area contributed by atoms with Gasteiger partial charge in [-0.15, -0.1) is 0 Å². The molecule has 32 heavy (non-hydrogen) atoms. The summed E-state index contributed by atoms with van der Waals surface area (Å²) in [6.07, 6.45) is 15.1. The molecule has 3 saturated carbocycles. The van der Waals surface area contributed by atoms with Crippen molar-refractivity contribution in [1.82, 2.24) is 0 Å². The Bertz CT molecular complexity index is 722. The van der Waals surface area contributed by atoms with Crippen molar-refractivity contribution in [2.24, 2.45) is 52.3 Å². The summed E-state index contributed by atoms with van der Waals surface area (Å²) in [7, 11) is 0. The largest absolute Gasteiger partial charge is 0.393 e. The van der Waals surface area contributed by atoms with E-state index < -0.39 is 0 Å². The molecule has 2 nitrogen and oxygen atoms in total. The lowest BCUT2D eigenvalue weighted by atomic mass is 9.47. The summed E-state index contributed by atoms with van der Waals surface area (Å²) < 4.78 is 0. The number of rotatable bonds is 7. The second-order valence-electron chi connectivity index (χ2n) is 13.2. The van der Waals surface area contributed by atoms with Gasteiger partial charge in [0.2, 0.25) is 0 Å². The summed E-state index contributed by atoms with van der Waals surface area (Å²) in [5.41, 5.74) is 2.31. The molecule has 0 aromatic heterocycles. The molecular formula is C30H50O2. The second-order valence-corrected chi connectivity index (χ2v) is 13.2. The highest BCUT2D eigenvalue weighted by Gasteiger charge is 2.59. The summed E-state index contributed by atoms with van der Waals surface area (Å²) in [6, 6.07) is 0. The Morgan fingerprint density at radius 3 is 2.53 bits per heavy atom. The van der Waals surface area contributed by atoms with Gasteiger partial charge in [-0.3, -0.25) is 4.79 Å². The zero-order valence-corrected chi connectivity index (χ0v) is 21.8. The maximum Gasteiger partial charge on any atom is 0.136 e. The van der Waals surface area contributed by atoms with Crippen LogP contribution >= 0.6 is 0 Å². The topological polar surface area (TPSA) is 37.3 Å². The van der Waals surface area contributed by atoms with E-state index in [9.17, 15) is 9.90 Å². The average molecular weight is 443 g/mol. The Morgan fingerprint density at radius 2 is 1.84 bits per heavy atom. The lowest BCUT2D eigenvalue weighted by Gasteiger charge is -2.58. The van der Waals surface area contributed by atoms with Crippen LogP contribution in [0.1, 0.15) is 112 Å². The summed E-state index contributed by atoms with van der Waals surface area (Å²) in [5.74, 6) is 4.92. The van der Waals surface area contributed by atoms with Gasteiger partial charge in [0.1, 0.15) is 5.78 Å². The van der Waals surface area contributed by atoms with Crippen molar-refractivity contribution >= 4 is 5.78 Å². The zero-order valence-electron chi connectivity index (χ0n) is 21.8. The molecule has 3 unspecified atom stereocenters. The number of hydrogen-bond acceptors (Lipinski definition) is 2. The third-order valence-electron chi connectivity index (χ3n) is 11.2. The molecule has 0 heterocycles. The number of allylic oxidation sites excluding steroid dienone is 1. The third-order valence-corrected chi connectivity index (χ3v) is 11.2. The Hall–Kier alpha value is -0.630. The minimum atomic E-state index is -0.114. The molecule has 182 valence electrons. The quantitative estimate of drug-likeness (QED) is 0.412. The fourth-order valence-corrected chi connectivity index (χ4v) is 9.41. The van der Waals surface area contributed by atoms with Gasteiger partial charge in [0.25, 0.3) is 0 Å². The number of aliphatic hydroxyl groups excluding tert-OH is 1. The monoisotopic (exact) mass is 442 g/mol. The molecule has 4 rings (SSSR count). The number of aliphatic hydroxyl groups is 1. The van der Waals surface area contributed by atoms with Gasteiger partial charge < -0.3 is 5.11 Å². The van der Waals surface area contributed by atoms with E-state index >= 15 is 0 Å². The lowest BCUT2D eigenvalue weighted by Crippen LogP contribution is -2.50. The fraction of sp³-hybridized carbons (Fsp3) is 0.900. The van der Waals surface area contributed by atoms with Crippen LogP contribution in [0.15, 0.2) is 11.6 Å². The van der Waals surface area contributed by atoms with E-state index in [0.29, 0.717) is 34.4 Å². The molecule has 0 spiro atoms. The first-order valence-electron chi connectivity index (χ1n) is 14.0. The predicted octanol–water partition coefficient (Wildman–Crippen LogP) is 7.59. The summed E-state index contributed by atoms with van der Waals surface area (Å²) in [6.45, 7) is 14.2. The first-order chi connectivity index (χ1) is 15.1. The van der Waals surface area contributed by atoms with E-state index in [-0.39, 0.29) is 12.0 Å². The molecule has 0 bridgehead atoms. The number of carbonyl (C=O) groups is 1. The van der Waals surface area contributed by atoms with Crippen molar-refractivity contribution in [2.75, 3.05) is 0 Å². The van der Waals surface area contributed by atoms with Gasteiger partial charge in [0, 0.05) is 12.3 Å². The Labute approximate surface area is 198 Å². The van der Waals surface area contributed by atoms with Crippen LogP contribution in [0.25, 0.3) is 0 Å². The van der Waals surface area contributed by atoms with E-state index in [0.717, 1.165) is 49.9 Å². The van der Waals surface area contributed by atoms with E-state index in [1.54, 1.807) is 5.57 Å². The third kappa shape index (κ3) is 4.05. The van der Waals surface area contributed by atoms with E-state index in [4.69, 9.17) is 0 Å². The van der Waals surface area contributed by atoms with Crippen molar-refractivity contribution in [2.45, 2.75) is 118 Å². The number of ketones is 1. The van der Waals surface area contributed by atoms with E-state index in [1.807, 2.05) is 0 Å². The van der Waals surface area contributed by atoms with Crippen molar-refractivity contribution in [3.63, 3.8) is 0 Å². The lowest BCUT2D eigenvalue weighted by molar-refractivity contribution is -0.126. The van der Waals surface area contributed by atoms with Crippen molar-refractivity contribution in [1.29, 1.82) is 0 Å². The average Bonchev–Trinajstić information content (AvgIpc) is 3.09. The molecular weight excluding hydrogens is 392 g/mol. The maximum absolute atomic E-state index is 13.2. The number of hydrogen-bond donors (Lipinski definition) is 1. The van der Waals surface area contributed by atoms with Crippen LogP contribution in [-0.2, 0) is 4.79 Å². The SMILES string of the molecule is CCC[C@H](C(=O)C[C@@H](C)[C@H]1CCC2C3CC=C4C[C@@H](O)CC[C@]4(C)C3CC[C@@]21C)C(C)C. The molecule has 1 N–H and O–H groups in total. The predicted molar refractivity (Wildman–Crippen MR) is 133 cm³/mol. The number of fused-ring (bicyclic) bond motifs is 5. The van der Waals surface area contributed by atoms with Crippen LogP contribution in [-0.4, -0.2) is 17.0 Å². The standard InChI is InChI=1S/C30H50O2/c1-7-8-23(19(2)3)28(32)17-20(4)25-11-12-26-24-10-9-21-18-22(31)13-15-29(21,5)27(24)14-16-30(25,26)6/h9,19-20,22-27,31H,7-8,10-18H2,1-6H3/t20-,22+,23+,24?,25-,26?,27?,29+,30-/m1/s1. The molecule has 0 aromatic carbocycles. The van der Waals surface area contributed by atoms with Crippen LogP contribution in [0, 0.1) is 52.3 Å². The molecule has 3 fully saturated rings. The number of carbonyl (C=O) groups excluding carboxylic acids is 1. The molecule has 0 radical (unpaired) electrons. The molecule has 0 amide bonds. The molecule has 0 aromatic rings. The van der Waals surface area contributed by atoms with Gasteiger partial charge in [-0.2, -0.15) is 0 Å². The van der Waals surface area contributed by atoms with E-state index in [1.165, 1.54) is 38.5 Å². The minimum absolute atomic E-state index is 0.114. The minimum Gasteiger partial charge on any atom is -0.393 e. The van der Waals surface area contributed by atoms with Gasteiger partial charge in [-0.1, -0.05) is 59.6 Å². The van der Waals surface area contributed by atoms with Crippen LogP contribution in [0.3, 0.4) is 0 Å². The molecule has 4 aliphatic rings. The Kier molecular flexibility index (Phi) is 7.04. The highest BCUT2D eigenvalue weighted by Crippen LogP contribution is 2.67. The van der Waals surface area contributed by atoms with Gasteiger partial charge in [-0.25, -0.2) is 0 Å². The Balaban J connectivity index is 1.49. The van der Waals surface area contributed by atoms with E-state index in [2.05, 4.69) is 47.6 Å². The Morgan fingerprint density at radius 1 is 1.09 bits per heavy atom. The van der Waals surface area contributed by atoms with Crippen molar-refractivity contribution in [3.05, 3.63) is 11.6 Å². The van der Waals surface area contributed by atoms with Crippen molar-refractivity contribution < 1.29 is 9.90 Å². The van der Waals surface area contributed by atoms with Crippen molar-refractivity contribution in [3.8, 4) is 0 Å². The van der Waals surface area contributed by atoms with Gasteiger partial charge in [0.05, 0.1) is 6.10 Å². The van der Waals surface area contributed by atoms with Gasteiger partial charge in [0.15, 0.2) is 0 Å². The molecule has 9 atom stereocenters. The van der Waals surface area contributed by atoms with Crippen LogP contribution in [0.2, 0.25) is 0 Å². The molecule has 0 saturated heterocycles. The normalized spacial score (nSPS) is 43.1. The fourth-order valence-electron chi connectivity index (χ4n) is 9.41. The highest BCUT2D eigenvalue weighted by molar-refractivity contribution is 5.81. The first kappa shape index (κ1) is 24.5. The summed E-state index contributed by atoms with van der Waals surface area (Å²) >= 11 is 0. The van der Waals surface area contributed by atoms with Gasteiger partial charge in [-0.05, 0) is 104 Å². The highest BCUT2D eigenvalue weighted by atomic mass is 16.3.